The van der Waals surface area contributed by atoms with Crippen LogP contribution in [-0.2, 0) is 16.6 Å². The molecule has 0 amide bonds. The summed E-state index contributed by atoms with van der Waals surface area (Å²) >= 11 is 0. The molecule has 2 aromatic rings. The summed E-state index contributed by atoms with van der Waals surface area (Å²) in [6.45, 7) is 0.705. The van der Waals surface area contributed by atoms with E-state index in [-0.39, 0.29) is 4.90 Å². The summed E-state index contributed by atoms with van der Waals surface area (Å²) < 4.78 is 26.7. The Morgan fingerprint density at radius 1 is 1.16 bits per heavy atom. The Kier molecular flexibility index (Phi) is 4.13. The van der Waals surface area contributed by atoms with Crippen LogP contribution in [0, 0.1) is 0 Å². The molecule has 0 aliphatic rings. The molecule has 1 aromatic heterocycles. The van der Waals surface area contributed by atoms with Crippen LogP contribution >= 0.6 is 0 Å². The van der Waals surface area contributed by atoms with Gasteiger partial charge in [-0.1, -0.05) is 12.1 Å². The molecule has 0 aliphatic heterocycles. The molecule has 0 spiro atoms. The zero-order valence-corrected chi connectivity index (χ0v) is 11.3. The van der Waals surface area contributed by atoms with Crippen LogP contribution in [0.5, 0.6) is 0 Å². The quantitative estimate of drug-likeness (QED) is 0.871. The number of anilines is 1. The normalized spacial score (nSPS) is 11.2. The zero-order valence-electron chi connectivity index (χ0n) is 10.5. The second-order valence-corrected chi connectivity index (χ2v) is 5.70. The number of nitrogens with zero attached hydrogens (tertiary/aromatic N) is 1. The highest BCUT2D eigenvalue weighted by molar-refractivity contribution is 7.92. The van der Waals surface area contributed by atoms with Gasteiger partial charge in [0.1, 0.15) is 0 Å². The van der Waals surface area contributed by atoms with Crippen LogP contribution in [0.4, 0.5) is 5.69 Å². The average molecular weight is 277 g/mol. The lowest BCUT2D eigenvalue weighted by atomic mass is 10.2. The van der Waals surface area contributed by atoms with Crippen molar-refractivity contribution in [3.05, 3.63) is 54.4 Å². The van der Waals surface area contributed by atoms with E-state index in [9.17, 15) is 8.42 Å². The zero-order chi connectivity index (χ0) is 13.7. The number of rotatable bonds is 5. The van der Waals surface area contributed by atoms with Gasteiger partial charge in [0.05, 0.1) is 16.8 Å². The molecule has 0 bridgehead atoms. The fourth-order valence-electron chi connectivity index (χ4n) is 1.63. The van der Waals surface area contributed by atoms with Crippen LogP contribution in [0.3, 0.4) is 0 Å². The number of aromatic nitrogens is 1. The van der Waals surface area contributed by atoms with Crippen molar-refractivity contribution >= 4 is 15.7 Å². The summed E-state index contributed by atoms with van der Waals surface area (Å²) in [5.74, 6) is 0. The van der Waals surface area contributed by atoms with Crippen LogP contribution in [0.2, 0.25) is 0 Å². The van der Waals surface area contributed by atoms with Crippen LogP contribution in [-0.4, -0.2) is 20.4 Å². The summed E-state index contributed by atoms with van der Waals surface area (Å²) in [6.07, 6.45) is 3.05. The Morgan fingerprint density at radius 3 is 2.47 bits per heavy atom. The Morgan fingerprint density at radius 2 is 1.89 bits per heavy atom. The Balaban J connectivity index is 2.20. The third-order valence-corrected chi connectivity index (χ3v) is 3.93. The lowest BCUT2D eigenvalue weighted by Crippen LogP contribution is -2.13. The highest BCUT2D eigenvalue weighted by Crippen LogP contribution is 2.15. The Hall–Kier alpha value is -1.92. The molecule has 6 heteroatoms. The predicted molar refractivity (Wildman–Crippen MR) is 74.3 cm³/mol. The molecular weight excluding hydrogens is 262 g/mol. The molecular formula is C13H15N3O2S. The molecule has 1 heterocycles. The summed E-state index contributed by atoms with van der Waals surface area (Å²) in [5, 5.41) is 3.01. The molecule has 0 atom stereocenters. The third kappa shape index (κ3) is 3.52. The lowest BCUT2D eigenvalue weighted by molar-refractivity contribution is 0.601. The minimum Gasteiger partial charge on any atom is -0.316 e. The Labute approximate surface area is 112 Å². The van der Waals surface area contributed by atoms with Gasteiger partial charge in [-0.25, -0.2) is 8.42 Å². The Bertz CT molecular complexity index is 625. The minimum absolute atomic E-state index is 0.233. The van der Waals surface area contributed by atoms with Crippen molar-refractivity contribution in [3.8, 4) is 0 Å². The van der Waals surface area contributed by atoms with Gasteiger partial charge < -0.3 is 5.32 Å². The molecule has 2 rings (SSSR count). The van der Waals surface area contributed by atoms with Crippen molar-refractivity contribution in [2.75, 3.05) is 11.8 Å². The second kappa shape index (κ2) is 5.81. The smallest absolute Gasteiger partial charge is 0.261 e. The molecule has 1 aromatic carbocycles. The number of hydrogen-bond donors (Lipinski definition) is 2. The maximum absolute atomic E-state index is 12.1. The first-order valence-corrected chi connectivity index (χ1v) is 7.26. The first kappa shape index (κ1) is 13.5. The monoisotopic (exact) mass is 277 g/mol. The maximum atomic E-state index is 12.1. The fourth-order valence-corrected chi connectivity index (χ4v) is 2.67. The number of hydrogen-bond acceptors (Lipinski definition) is 4. The summed E-state index contributed by atoms with van der Waals surface area (Å²) in [7, 11) is -1.71. The fraction of sp³-hybridized carbons (Fsp3) is 0.154. The van der Waals surface area contributed by atoms with Crippen molar-refractivity contribution in [3.63, 3.8) is 0 Å². The van der Waals surface area contributed by atoms with Crippen molar-refractivity contribution in [2.24, 2.45) is 0 Å². The molecule has 0 radical (unpaired) electrons. The molecule has 19 heavy (non-hydrogen) atoms. The minimum atomic E-state index is -3.56. The number of benzene rings is 1. The molecule has 0 unspecified atom stereocenters. The van der Waals surface area contributed by atoms with E-state index in [1.807, 2.05) is 7.05 Å². The largest absolute Gasteiger partial charge is 0.316 e. The summed E-state index contributed by atoms with van der Waals surface area (Å²) in [4.78, 5) is 4.10. The highest BCUT2D eigenvalue weighted by atomic mass is 32.2. The van der Waals surface area contributed by atoms with Crippen LogP contribution in [0.1, 0.15) is 5.56 Å². The highest BCUT2D eigenvalue weighted by Gasteiger charge is 2.13. The lowest BCUT2D eigenvalue weighted by Gasteiger charge is -2.08. The van der Waals surface area contributed by atoms with Gasteiger partial charge in [-0.3, -0.25) is 9.71 Å². The molecule has 2 N–H and O–H groups in total. The molecule has 0 saturated carbocycles. The van der Waals surface area contributed by atoms with Crippen LogP contribution < -0.4 is 10.0 Å². The van der Waals surface area contributed by atoms with Gasteiger partial charge in [-0.05, 0) is 36.9 Å². The third-order valence-electron chi connectivity index (χ3n) is 2.53. The molecule has 100 valence electrons. The summed E-state index contributed by atoms with van der Waals surface area (Å²) in [5.41, 5.74) is 1.48. The average Bonchev–Trinajstić information content (AvgIpc) is 2.40. The molecule has 0 fully saturated rings. The number of nitrogens with one attached hydrogen (secondary N) is 2. The predicted octanol–water partition coefficient (Wildman–Crippen LogP) is 1.60. The first-order valence-electron chi connectivity index (χ1n) is 5.78. The SMILES string of the molecule is CNCc1ccc(S(=O)(=O)Nc2cccnc2)cc1. The van der Waals surface area contributed by atoms with E-state index >= 15 is 0 Å². The van der Waals surface area contributed by atoms with Gasteiger partial charge in [0.15, 0.2) is 0 Å². The van der Waals surface area contributed by atoms with E-state index in [4.69, 9.17) is 0 Å². The number of pyridine rings is 1. The van der Waals surface area contributed by atoms with Gasteiger partial charge in [-0.2, -0.15) is 0 Å². The standard InChI is InChI=1S/C13H15N3O2S/c1-14-9-11-4-6-13(7-5-11)19(17,18)16-12-3-2-8-15-10-12/h2-8,10,14,16H,9H2,1H3. The molecule has 5 nitrogen and oxygen atoms in total. The van der Waals surface area contributed by atoms with E-state index in [0.717, 1.165) is 5.56 Å². The van der Waals surface area contributed by atoms with Crippen molar-refractivity contribution in [1.29, 1.82) is 0 Å². The van der Waals surface area contributed by atoms with Gasteiger partial charge in [0, 0.05) is 12.7 Å². The van der Waals surface area contributed by atoms with Crippen molar-refractivity contribution < 1.29 is 8.42 Å². The molecule has 0 saturated heterocycles. The van der Waals surface area contributed by atoms with Gasteiger partial charge in [-0.15, -0.1) is 0 Å². The van der Waals surface area contributed by atoms with E-state index < -0.39 is 10.0 Å². The van der Waals surface area contributed by atoms with Crippen molar-refractivity contribution in [2.45, 2.75) is 11.4 Å². The molecule has 0 aliphatic carbocycles. The van der Waals surface area contributed by atoms with Gasteiger partial charge in [0.2, 0.25) is 0 Å². The van der Waals surface area contributed by atoms with Gasteiger partial charge >= 0.3 is 0 Å². The van der Waals surface area contributed by atoms with Crippen molar-refractivity contribution in [1.82, 2.24) is 10.3 Å². The van der Waals surface area contributed by atoms with E-state index in [1.165, 1.54) is 6.20 Å². The number of sulfonamides is 1. The summed E-state index contributed by atoms with van der Waals surface area (Å²) in [6, 6.07) is 10.1. The van der Waals surface area contributed by atoms with Crippen LogP contribution in [0.25, 0.3) is 0 Å². The van der Waals surface area contributed by atoms with E-state index in [0.29, 0.717) is 12.2 Å². The second-order valence-electron chi connectivity index (χ2n) is 4.02. The first-order chi connectivity index (χ1) is 9.12. The van der Waals surface area contributed by atoms with E-state index in [2.05, 4.69) is 15.0 Å². The van der Waals surface area contributed by atoms with Crippen LogP contribution in [0.15, 0.2) is 53.7 Å². The topological polar surface area (TPSA) is 71.1 Å². The van der Waals surface area contributed by atoms with E-state index in [1.54, 1.807) is 42.6 Å². The maximum Gasteiger partial charge on any atom is 0.261 e. The van der Waals surface area contributed by atoms with Gasteiger partial charge in [0.25, 0.3) is 10.0 Å².